The lowest BCUT2D eigenvalue weighted by Gasteiger charge is -2.11. The minimum Gasteiger partial charge on any atom is -0.497 e. The maximum atomic E-state index is 10.4. The van der Waals surface area contributed by atoms with Crippen LogP contribution in [0.15, 0.2) is 12.1 Å². The molecule has 1 aromatic rings. The van der Waals surface area contributed by atoms with Crippen LogP contribution < -0.4 is 5.32 Å². The molecular weight excluding hydrogens is 376 g/mol. The van der Waals surface area contributed by atoms with E-state index in [2.05, 4.69) is 19.2 Å². The van der Waals surface area contributed by atoms with Crippen molar-refractivity contribution in [3.63, 3.8) is 0 Å². The van der Waals surface area contributed by atoms with Gasteiger partial charge in [-0.05, 0) is 13.3 Å². The normalized spacial score (nSPS) is 11.2. The second-order valence-electron chi connectivity index (χ2n) is 6.03. The molecule has 0 aliphatic rings. The molecule has 0 fully saturated rings. The molecule has 0 heterocycles. The summed E-state index contributed by atoms with van der Waals surface area (Å²) in [5.74, 6) is -1.21. The Labute approximate surface area is 161 Å². The molecule has 1 unspecified atom stereocenters. The summed E-state index contributed by atoms with van der Waals surface area (Å²) in [5, 5.41) is 52.0. The third-order valence-electron chi connectivity index (χ3n) is 3.75. The van der Waals surface area contributed by atoms with E-state index in [1.165, 1.54) is 32.1 Å². The highest BCUT2D eigenvalue weighted by molar-refractivity contribution is 5.64. The van der Waals surface area contributed by atoms with Gasteiger partial charge in [-0.2, -0.15) is 0 Å². The van der Waals surface area contributed by atoms with Crippen molar-refractivity contribution < 1.29 is 25.0 Å². The first-order valence-corrected chi connectivity index (χ1v) is 8.80. The monoisotopic (exact) mass is 402 g/mol. The van der Waals surface area contributed by atoms with Gasteiger partial charge in [-0.3, -0.25) is 30.3 Å². The predicted molar refractivity (Wildman–Crippen MR) is 101 cm³/mol. The molecule has 0 aliphatic heterocycles. The number of unbranched alkanes of at least 4 members (excludes halogenated alkanes) is 3. The molecule has 12 heteroatoms. The molecule has 3 N–H and O–H groups in total. The van der Waals surface area contributed by atoms with Gasteiger partial charge in [0.2, 0.25) is 0 Å². The van der Waals surface area contributed by atoms with Crippen LogP contribution in [0.5, 0.6) is 5.75 Å². The third kappa shape index (κ3) is 9.19. The van der Waals surface area contributed by atoms with E-state index in [0.29, 0.717) is 18.2 Å². The minimum absolute atomic E-state index is 0.249. The van der Waals surface area contributed by atoms with Crippen LogP contribution in [0.1, 0.15) is 46.0 Å². The number of nitro benzene ring substituents is 3. The van der Waals surface area contributed by atoms with Crippen LogP contribution >= 0.6 is 0 Å². The molecule has 0 saturated carbocycles. The molecule has 1 atom stereocenters. The van der Waals surface area contributed by atoms with Gasteiger partial charge in [-0.25, -0.2) is 0 Å². The highest BCUT2D eigenvalue weighted by Gasteiger charge is 2.30. The number of hydrogen-bond acceptors (Lipinski definition) is 9. The van der Waals surface area contributed by atoms with Crippen molar-refractivity contribution in [1.29, 1.82) is 0 Å². The first-order chi connectivity index (χ1) is 13.1. The molecule has 0 aromatic heterocycles. The lowest BCUT2D eigenvalue weighted by molar-refractivity contribution is -0.404. The van der Waals surface area contributed by atoms with Gasteiger partial charge in [0.25, 0.3) is 11.4 Å². The fraction of sp³-hybridized carbons (Fsp3) is 0.625. The van der Waals surface area contributed by atoms with Crippen molar-refractivity contribution in [2.24, 2.45) is 0 Å². The second-order valence-corrected chi connectivity index (χ2v) is 6.03. The van der Waals surface area contributed by atoms with Crippen molar-refractivity contribution >= 4 is 17.1 Å². The molecule has 0 saturated heterocycles. The topological polar surface area (TPSA) is 182 Å². The number of nitro groups is 3. The Bertz CT molecular complexity index is 633. The lowest BCUT2D eigenvalue weighted by Crippen LogP contribution is -2.28. The Kier molecular flexibility index (Phi) is 12.0. The zero-order valence-corrected chi connectivity index (χ0v) is 15.9. The average molecular weight is 402 g/mol. The Hall–Kier alpha value is -2.86. The number of aliphatic hydroxyl groups excluding tert-OH is 1. The van der Waals surface area contributed by atoms with Crippen LogP contribution in [0.25, 0.3) is 0 Å². The van der Waals surface area contributed by atoms with Gasteiger partial charge in [-0.1, -0.05) is 32.6 Å². The van der Waals surface area contributed by atoms with Gasteiger partial charge >= 0.3 is 11.4 Å². The summed E-state index contributed by atoms with van der Waals surface area (Å²) in [5.41, 5.74) is -3.00. The molecule has 0 amide bonds. The standard InChI is InChI=1S/C10H23NO.C6H3N3O7/c1-3-4-5-6-7-10(2)11-8-9-12;10-6-4(8(13)14)1-3(7(11)12)2-5(6)9(15)16/h10-12H,3-9H2,1-2H3;1-2,10H. The zero-order chi connectivity index (χ0) is 21.7. The average Bonchev–Trinajstić information content (AvgIpc) is 2.63. The van der Waals surface area contributed by atoms with Gasteiger partial charge in [0, 0.05) is 12.6 Å². The van der Waals surface area contributed by atoms with Gasteiger partial charge in [0.15, 0.2) is 0 Å². The summed E-state index contributed by atoms with van der Waals surface area (Å²) < 4.78 is 0. The Morgan fingerprint density at radius 1 is 1.00 bits per heavy atom. The van der Waals surface area contributed by atoms with Crippen LogP contribution in [0, 0.1) is 30.3 Å². The lowest BCUT2D eigenvalue weighted by atomic mass is 10.1. The van der Waals surface area contributed by atoms with Crippen LogP contribution in [0.4, 0.5) is 17.1 Å². The Morgan fingerprint density at radius 2 is 1.54 bits per heavy atom. The largest absolute Gasteiger partial charge is 0.497 e. The van der Waals surface area contributed by atoms with Gasteiger partial charge in [-0.15, -0.1) is 0 Å². The van der Waals surface area contributed by atoms with Gasteiger partial charge in [0.05, 0.1) is 33.5 Å². The first kappa shape index (κ1) is 25.1. The van der Waals surface area contributed by atoms with E-state index in [9.17, 15) is 30.3 Å². The summed E-state index contributed by atoms with van der Waals surface area (Å²) >= 11 is 0. The SMILES string of the molecule is CCCCCCC(C)NCCO.O=[N+]([O-])c1cc([N+](=O)[O-])c(O)c([N+](=O)[O-])c1. The molecule has 158 valence electrons. The van der Waals surface area contributed by atoms with Crippen molar-refractivity contribution in [3.8, 4) is 5.75 Å². The number of phenolic OH excluding ortho intramolecular Hbond substituents is 1. The molecule has 1 aromatic carbocycles. The van der Waals surface area contributed by atoms with E-state index < -0.39 is 37.6 Å². The highest BCUT2D eigenvalue weighted by atomic mass is 16.6. The fourth-order valence-corrected chi connectivity index (χ4v) is 2.26. The second kappa shape index (κ2) is 13.3. The molecule has 12 nitrogen and oxygen atoms in total. The van der Waals surface area contributed by atoms with E-state index in [1.54, 1.807) is 0 Å². The first-order valence-electron chi connectivity index (χ1n) is 8.80. The van der Waals surface area contributed by atoms with E-state index in [4.69, 9.17) is 10.2 Å². The number of rotatable bonds is 11. The minimum atomic E-state index is -1.21. The molecule has 0 bridgehead atoms. The quantitative estimate of drug-likeness (QED) is 0.284. The van der Waals surface area contributed by atoms with Gasteiger partial charge < -0.3 is 15.5 Å². The van der Waals surface area contributed by atoms with Crippen molar-refractivity contribution in [2.75, 3.05) is 13.2 Å². The van der Waals surface area contributed by atoms with Crippen LogP contribution in [0.2, 0.25) is 0 Å². The third-order valence-corrected chi connectivity index (χ3v) is 3.75. The number of benzene rings is 1. The van der Waals surface area contributed by atoms with Crippen LogP contribution in [0.3, 0.4) is 0 Å². The van der Waals surface area contributed by atoms with E-state index in [1.807, 2.05) is 0 Å². The van der Waals surface area contributed by atoms with E-state index in [-0.39, 0.29) is 6.61 Å². The summed E-state index contributed by atoms with van der Waals surface area (Å²) in [6.45, 7) is 5.39. The maximum Gasteiger partial charge on any atom is 0.324 e. The summed E-state index contributed by atoms with van der Waals surface area (Å²) in [7, 11) is 0. The molecule has 0 aliphatic carbocycles. The fourth-order valence-electron chi connectivity index (χ4n) is 2.26. The van der Waals surface area contributed by atoms with Gasteiger partial charge in [0.1, 0.15) is 0 Å². The number of nitrogens with one attached hydrogen (secondary N) is 1. The van der Waals surface area contributed by atoms with Crippen LogP contribution in [-0.2, 0) is 0 Å². The van der Waals surface area contributed by atoms with E-state index in [0.717, 1.165) is 6.54 Å². The number of nitrogens with zero attached hydrogens (tertiary/aromatic N) is 3. The summed E-state index contributed by atoms with van der Waals surface area (Å²) in [6, 6.07) is 1.46. The smallest absolute Gasteiger partial charge is 0.324 e. The molecular formula is C16H26N4O8. The highest BCUT2D eigenvalue weighted by Crippen LogP contribution is 2.38. The predicted octanol–water partition coefficient (Wildman–Crippen LogP) is 3.04. The number of non-ortho nitro benzene ring substituents is 1. The molecule has 0 spiro atoms. The summed E-state index contributed by atoms with van der Waals surface area (Å²) in [6.07, 6.45) is 6.56. The van der Waals surface area contributed by atoms with E-state index >= 15 is 0 Å². The molecule has 1 rings (SSSR count). The zero-order valence-electron chi connectivity index (χ0n) is 15.9. The number of aromatic hydroxyl groups is 1. The molecule has 0 radical (unpaired) electrons. The molecule has 28 heavy (non-hydrogen) atoms. The van der Waals surface area contributed by atoms with Crippen molar-refractivity contribution in [2.45, 2.75) is 52.0 Å². The number of hydrogen-bond donors (Lipinski definition) is 3. The number of aliphatic hydroxyl groups is 1. The Balaban J connectivity index is 0.000000546. The maximum absolute atomic E-state index is 10.4. The van der Waals surface area contributed by atoms with Crippen LogP contribution in [-0.4, -0.2) is 44.2 Å². The van der Waals surface area contributed by atoms with Crippen molar-refractivity contribution in [1.82, 2.24) is 5.32 Å². The summed E-state index contributed by atoms with van der Waals surface area (Å²) in [4.78, 5) is 27.8. The Morgan fingerprint density at radius 3 is 1.93 bits per heavy atom. The number of phenols is 1. The van der Waals surface area contributed by atoms with Crippen molar-refractivity contribution in [3.05, 3.63) is 42.5 Å².